The van der Waals surface area contributed by atoms with Crippen molar-refractivity contribution < 1.29 is 9.90 Å². The Morgan fingerprint density at radius 1 is 1.35 bits per heavy atom. The van der Waals surface area contributed by atoms with Gasteiger partial charge in [0.25, 0.3) is 0 Å². The molecule has 0 spiro atoms. The Morgan fingerprint density at radius 3 is 2.65 bits per heavy atom. The topological polar surface area (TPSA) is 50.2 Å². The van der Waals surface area contributed by atoms with E-state index in [2.05, 4.69) is 37.9 Å². The monoisotopic (exact) mass is 311 g/mol. The number of carbonyl (C=O) groups is 1. The summed E-state index contributed by atoms with van der Waals surface area (Å²) >= 11 is 0. The quantitative estimate of drug-likeness (QED) is 0.771. The fourth-order valence-corrected chi connectivity index (χ4v) is 3.15. The maximum Gasteiger partial charge on any atom is 0.354 e. The molecule has 1 N–H and O–H groups in total. The van der Waals surface area contributed by atoms with Gasteiger partial charge in [0.2, 0.25) is 0 Å². The molecule has 0 radical (unpaired) electrons. The predicted molar refractivity (Wildman–Crippen MR) is 94.3 cm³/mol. The van der Waals surface area contributed by atoms with Crippen LogP contribution in [0.5, 0.6) is 0 Å². The van der Waals surface area contributed by atoms with Crippen LogP contribution in [0.4, 0.5) is 0 Å². The molecule has 1 aromatic heterocycles. The number of aromatic carboxylic acids is 1. The molecule has 3 heteroatoms. The molecule has 0 fully saturated rings. The van der Waals surface area contributed by atoms with Crippen molar-refractivity contribution in [2.75, 3.05) is 0 Å². The van der Waals surface area contributed by atoms with E-state index in [4.69, 9.17) is 5.11 Å². The molecule has 1 heterocycles. The van der Waals surface area contributed by atoms with Gasteiger partial charge in [-0.05, 0) is 55.7 Å². The lowest BCUT2D eigenvalue weighted by atomic mass is 9.72. The third-order valence-corrected chi connectivity index (χ3v) is 4.46. The molecule has 2 rings (SSSR count). The van der Waals surface area contributed by atoms with E-state index in [1.807, 2.05) is 13.0 Å². The molecule has 3 nitrogen and oxygen atoms in total. The maximum absolute atomic E-state index is 10.8. The Kier molecular flexibility index (Phi) is 5.19. The highest BCUT2D eigenvalue weighted by atomic mass is 16.4. The largest absolute Gasteiger partial charge is 0.477 e. The summed E-state index contributed by atoms with van der Waals surface area (Å²) in [4.78, 5) is 14.7. The summed E-state index contributed by atoms with van der Waals surface area (Å²) < 4.78 is 0. The Morgan fingerprint density at radius 2 is 2.09 bits per heavy atom. The zero-order valence-electron chi connectivity index (χ0n) is 14.4. The van der Waals surface area contributed by atoms with Crippen LogP contribution in [0.2, 0.25) is 0 Å². The summed E-state index contributed by atoms with van der Waals surface area (Å²) in [6, 6.07) is 3.31. The van der Waals surface area contributed by atoms with Gasteiger partial charge in [-0.1, -0.05) is 49.3 Å². The van der Waals surface area contributed by atoms with Crippen LogP contribution in [0.3, 0.4) is 0 Å². The third-order valence-electron chi connectivity index (χ3n) is 4.46. The van der Waals surface area contributed by atoms with Crippen LogP contribution in [-0.4, -0.2) is 16.1 Å². The molecular formula is C20H25NO2. The number of rotatable bonds is 4. The average Bonchev–Trinajstić information content (AvgIpc) is 2.46. The SMILES string of the molecule is CC1=C(/C=C/C(C)=C/c2ccc(C(=O)O)nc2)C(C)(C)CCC1. The number of hydrogen-bond acceptors (Lipinski definition) is 2. The van der Waals surface area contributed by atoms with Gasteiger partial charge in [0.15, 0.2) is 0 Å². The third kappa shape index (κ3) is 4.41. The number of carboxylic acids is 1. The normalized spacial score (nSPS) is 18.5. The standard InChI is InChI=1S/C20H25NO2/c1-14(12-16-8-10-18(19(22)23)21-13-16)7-9-17-15(2)6-5-11-20(17,3)4/h7-10,12-13H,5-6,11H2,1-4H3,(H,22,23)/b9-7+,14-12+. The number of pyridine rings is 1. The lowest BCUT2D eigenvalue weighted by Crippen LogP contribution is -2.19. The molecular weight excluding hydrogens is 286 g/mol. The number of aromatic nitrogens is 1. The molecule has 0 bridgehead atoms. The van der Waals surface area contributed by atoms with Crippen molar-refractivity contribution >= 4 is 12.0 Å². The smallest absolute Gasteiger partial charge is 0.354 e. The van der Waals surface area contributed by atoms with Gasteiger partial charge in [-0.3, -0.25) is 0 Å². The first-order chi connectivity index (χ1) is 10.8. The molecule has 0 saturated carbocycles. The van der Waals surface area contributed by atoms with Crippen LogP contribution in [0.25, 0.3) is 6.08 Å². The van der Waals surface area contributed by atoms with Crippen molar-refractivity contribution in [3.63, 3.8) is 0 Å². The summed E-state index contributed by atoms with van der Waals surface area (Å²) in [5, 5.41) is 8.87. The molecule has 1 aliphatic carbocycles. The Labute approximate surface area is 138 Å². The van der Waals surface area contributed by atoms with E-state index in [1.165, 1.54) is 36.5 Å². The summed E-state index contributed by atoms with van der Waals surface area (Å²) in [7, 11) is 0. The molecule has 0 unspecified atom stereocenters. The van der Waals surface area contributed by atoms with Gasteiger partial charge in [0.1, 0.15) is 5.69 Å². The second-order valence-electron chi connectivity index (χ2n) is 6.94. The predicted octanol–water partition coefficient (Wildman–Crippen LogP) is 5.27. The fourth-order valence-electron chi connectivity index (χ4n) is 3.15. The summed E-state index contributed by atoms with van der Waals surface area (Å²) in [6.45, 7) is 8.90. The molecule has 23 heavy (non-hydrogen) atoms. The van der Waals surface area contributed by atoms with Gasteiger partial charge in [0, 0.05) is 6.20 Å². The number of carboxylic acid groups (broad SMARTS) is 1. The lowest BCUT2D eigenvalue weighted by molar-refractivity contribution is 0.0690. The van der Waals surface area contributed by atoms with Crippen molar-refractivity contribution in [3.05, 3.63) is 58.5 Å². The van der Waals surface area contributed by atoms with Crippen LogP contribution < -0.4 is 0 Å². The van der Waals surface area contributed by atoms with Crippen molar-refractivity contribution in [2.24, 2.45) is 5.41 Å². The lowest BCUT2D eigenvalue weighted by Gasteiger charge is -2.32. The minimum atomic E-state index is -1.00. The maximum atomic E-state index is 10.8. The molecule has 0 aromatic carbocycles. The van der Waals surface area contributed by atoms with E-state index in [9.17, 15) is 4.79 Å². The van der Waals surface area contributed by atoms with E-state index in [-0.39, 0.29) is 11.1 Å². The van der Waals surface area contributed by atoms with E-state index in [1.54, 1.807) is 12.3 Å². The number of allylic oxidation sites excluding steroid dienone is 5. The highest BCUT2D eigenvalue weighted by molar-refractivity contribution is 5.85. The minimum Gasteiger partial charge on any atom is -0.477 e. The van der Waals surface area contributed by atoms with Crippen LogP contribution in [0.1, 0.15) is 63.0 Å². The van der Waals surface area contributed by atoms with Crippen LogP contribution in [-0.2, 0) is 0 Å². The first kappa shape index (κ1) is 17.2. The molecule has 1 aliphatic rings. The zero-order valence-corrected chi connectivity index (χ0v) is 14.4. The second-order valence-corrected chi connectivity index (χ2v) is 6.94. The summed E-state index contributed by atoms with van der Waals surface area (Å²) in [6.07, 6.45) is 11.7. The fraction of sp³-hybridized carbons (Fsp3) is 0.400. The number of hydrogen-bond donors (Lipinski definition) is 1. The molecule has 122 valence electrons. The van der Waals surface area contributed by atoms with Crippen molar-refractivity contribution in [1.82, 2.24) is 4.98 Å². The van der Waals surface area contributed by atoms with E-state index >= 15 is 0 Å². The van der Waals surface area contributed by atoms with Crippen molar-refractivity contribution in [1.29, 1.82) is 0 Å². The molecule has 0 aliphatic heterocycles. The van der Waals surface area contributed by atoms with Gasteiger partial charge in [-0.15, -0.1) is 0 Å². The first-order valence-electron chi connectivity index (χ1n) is 8.05. The Balaban J connectivity index is 2.17. The highest BCUT2D eigenvalue weighted by Crippen LogP contribution is 2.40. The van der Waals surface area contributed by atoms with Crippen LogP contribution in [0.15, 0.2) is 47.2 Å². The van der Waals surface area contributed by atoms with Gasteiger partial charge in [-0.2, -0.15) is 0 Å². The molecule has 0 atom stereocenters. The van der Waals surface area contributed by atoms with Gasteiger partial charge in [0.05, 0.1) is 0 Å². The van der Waals surface area contributed by atoms with E-state index < -0.39 is 5.97 Å². The average molecular weight is 311 g/mol. The van der Waals surface area contributed by atoms with Crippen molar-refractivity contribution in [3.8, 4) is 0 Å². The van der Waals surface area contributed by atoms with Crippen LogP contribution >= 0.6 is 0 Å². The second kappa shape index (κ2) is 6.95. The van der Waals surface area contributed by atoms with Gasteiger partial charge < -0.3 is 5.11 Å². The molecule has 0 amide bonds. The van der Waals surface area contributed by atoms with E-state index in [0.717, 1.165) is 11.1 Å². The molecule has 1 aromatic rings. The van der Waals surface area contributed by atoms with Crippen LogP contribution in [0, 0.1) is 5.41 Å². The summed E-state index contributed by atoms with van der Waals surface area (Å²) in [5.74, 6) is -1.00. The minimum absolute atomic E-state index is 0.0695. The Hall–Kier alpha value is -2.16. The molecule has 0 saturated heterocycles. The summed E-state index contributed by atoms with van der Waals surface area (Å²) in [5.41, 5.74) is 5.26. The van der Waals surface area contributed by atoms with Gasteiger partial charge in [-0.25, -0.2) is 9.78 Å². The van der Waals surface area contributed by atoms with Crippen molar-refractivity contribution in [2.45, 2.75) is 47.0 Å². The number of nitrogens with zero attached hydrogens (tertiary/aromatic N) is 1. The van der Waals surface area contributed by atoms with E-state index in [0.29, 0.717) is 0 Å². The zero-order chi connectivity index (χ0) is 17.0. The first-order valence-corrected chi connectivity index (χ1v) is 8.05. The highest BCUT2D eigenvalue weighted by Gasteiger charge is 2.26. The Bertz CT molecular complexity index is 676. The van der Waals surface area contributed by atoms with Gasteiger partial charge >= 0.3 is 5.97 Å².